The van der Waals surface area contributed by atoms with Gasteiger partial charge in [-0.2, -0.15) is 27.1 Å². The van der Waals surface area contributed by atoms with Gasteiger partial charge in [-0.1, -0.05) is 41.3 Å². The van der Waals surface area contributed by atoms with E-state index in [0.29, 0.717) is 0 Å². The van der Waals surface area contributed by atoms with Gasteiger partial charge >= 0.3 is 59.1 Å². The van der Waals surface area contributed by atoms with Gasteiger partial charge in [-0.25, -0.2) is 0 Å². The monoisotopic (exact) mass is 502 g/mol. The van der Waals surface area contributed by atoms with E-state index in [9.17, 15) is 31.6 Å². The summed E-state index contributed by atoms with van der Waals surface area (Å²) in [5, 5.41) is 31.5. The van der Waals surface area contributed by atoms with Crippen molar-refractivity contribution >= 4 is 54.0 Å². The molecule has 0 saturated heterocycles. The molecular formula is C16H9ClN2Na2O8S2. The maximum Gasteiger partial charge on any atom is 1.00 e. The number of azo groups is 1. The summed E-state index contributed by atoms with van der Waals surface area (Å²) < 4.78 is 63.7. The molecule has 0 amide bonds. The second kappa shape index (κ2) is 10.4. The average Bonchev–Trinajstić information content (AvgIpc) is 2.61. The molecule has 0 fully saturated rings. The first-order valence-corrected chi connectivity index (χ1v) is 10.8. The summed E-state index contributed by atoms with van der Waals surface area (Å²) in [6, 6.07) is 7.73. The second-order valence-electron chi connectivity index (χ2n) is 5.67. The van der Waals surface area contributed by atoms with Gasteiger partial charge in [-0.3, -0.25) is 9.11 Å². The second-order valence-corrected chi connectivity index (χ2v) is 8.88. The quantitative estimate of drug-likeness (QED) is 0.210. The Morgan fingerprint density at radius 3 is 1.90 bits per heavy atom. The zero-order valence-corrected chi connectivity index (χ0v) is 22.4. The largest absolute Gasteiger partial charge is 1.00 e. The number of nitrogens with zero attached hydrogens (tertiary/aromatic N) is 2. The summed E-state index contributed by atoms with van der Waals surface area (Å²) in [6.45, 7) is 0. The minimum absolute atomic E-state index is 0. The van der Waals surface area contributed by atoms with Crippen LogP contribution in [0.5, 0.6) is 11.5 Å². The topological polar surface area (TPSA) is 180 Å². The van der Waals surface area contributed by atoms with E-state index in [2.05, 4.69) is 10.2 Å². The van der Waals surface area contributed by atoms with Crippen LogP contribution < -0.4 is 69.3 Å². The van der Waals surface area contributed by atoms with Crippen LogP contribution >= 0.6 is 11.6 Å². The molecule has 3 aromatic rings. The number of halogens is 1. The molecule has 0 spiro atoms. The minimum atomic E-state index is -4.86. The Morgan fingerprint density at radius 2 is 1.32 bits per heavy atom. The van der Waals surface area contributed by atoms with E-state index < -0.39 is 47.2 Å². The third-order valence-corrected chi connectivity index (χ3v) is 5.76. The Bertz CT molecular complexity index is 1400. The average molecular weight is 503 g/mol. The summed E-state index contributed by atoms with van der Waals surface area (Å²) in [5.74, 6) is -1.93. The fourth-order valence-electron chi connectivity index (χ4n) is 2.52. The molecule has 152 valence electrons. The summed E-state index contributed by atoms with van der Waals surface area (Å²) >= 11 is 5.72. The number of hydrogen-bond acceptors (Lipinski definition) is 8. The Kier molecular flexibility index (Phi) is 9.52. The molecule has 0 saturated carbocycles. The summed E-state index contributed by atoms with van der Waals surface area (Å²) in [6.07, 6.45) is 0. The first kappa shape index (κ1) is 28.3. The first-order chi connectivity index (χ1) is 13.4. The van der Waals surface area contributed by atoms with Gasteiger partial charge in [0, 0.05) is 10.4 Å². The summed E-state index contributed by atoms with van der Waals surface area (Å²) in [4.78, 5) is -1.47. The molecule has 0 atom stereocenters. The van der Waals surface area contributed by atoms with E-state index in [1.165, 1.54) is 18.2 Å². The van der Waals surface area contributed by atoms with E-state index in [0.717, 1.165) is 24.3 Å². The van der Waals surface area contributed by atoms with Crippen molar-refractivity contribution in [2.45, 2.75) is 9.79 Å². The number of benzene rings is 3. The maximum atomic E-state index is 12.5. The Morgan fingerprint density at radius 1 is 0.742 bits per heavy atom. The van der Waals surface area contributed by atoms with Crippen LogP contribution in [0.2, 0.25) is 5.02 Å². The van der Waals surface area contributed by atoms with Crippen molar-refractivity contribution in [3.63, 3.8) is 0 Å². The van der Waals surface area contributed by atoms with Crippen molar-refractivity contribution in [3.05, 3.63) is 47.5 Å². The molecule has 3 rings (SSSR count). The smallest absolute Gasteiger partial charge is 0.871 e. The van der Waals surface area contributed by atoms with Crippen molar-refractivity contribution in [2.75, 3.05) is 0 Å². The Hall–Kier alpha value is -0.770. The van der Waals surface area contributed by atoms with Gasteiger partial charge in [0.2, 0.25) is 0 Å². The van der Waals surface area contributed by atoms with Crippen molar-refractivity contribution in [1.29, 1.82) is 0 Å². The van der Waals surface area contributed by atoms with Crippen LogP contribution in [0.15, 0.2) is 62.5 Å². The van der Waals surface area contributed by atoms with Gasteiger partial charge < -0.3 is 10.2 Å². The molecule has 0 aliphatic rings. The molecule has 15 heteroatoms. The predicted molar refractivity (Wildman–Crippen MR) is 98.1 cm³/mol. The molecule has 0 heterocycles. The van der Waals surface area contributed by atoms with Gasteiger partial charge in [0.1, 0.15) is 4.90 Å². The number of fused-ring (bicyclic) bond motifs is 1. The van der Waals surface area contributed by atoms with Gasteiger partial charge in [0.15, 0.2) is 0 Å². The maximum absolute atomic E-state index is 12.5. The van der Waals surface area contributed by atoms with Crippen LogP contribution in [0.1, 0.15) is 0 Å². The van der Waals surface area contributed by atoms with Crippen molar-refractivity contribution in [3.8, 4) is 11.5 Å². The van der Waals surface area contributed by atoms with Gasteiger partial charge in [0.05, 0.1) is 16.3 Å². The Labute approximate surface area is 226 Å². The fourth-order valence-corrected chi connectivity index (χ4v) is 4.12. The van der Waals surface area contributed by atoms with Crippen molar-refractivity contribution in [1.82, 2.24) is 0 Å². The number of hydrogen-bond donors (Lipinski definition) is 2. The molecule has 2 N–H and O–H groups in total. The SMILES string of the molecule is O=S(=O)(O)c1cc(Cl)cc(N=Nc2ccc3c(S(=O)(=O)O)cccc3c2[O-])c1[O-].[Na+].[Na+]. The molecular weight excluding hydrogens is 494 g/mol. The molecule has 0 aliphatic heterocycles. The first-order valence-electron chi connectivity index (χ1n) is 7.49. The van der Waals surface area contributed by atoms with Crippen LogP contribution in [-0.2, 0) is 20.2 Å². The third kappa shape index (κ3) is 6.18. The molecule has 0 unspecified atom stereocenters. The van der Waals surface area contributed by atoms with Crippen LogP contribution in [0.4, 0.5) is 11.4 Å². The zero-order valence-electron chi connectivity index (χ0n) is 16.0. The molecule has 0 radical (unpaired) electrons. The van der Waals surface area contributed by atoms with Crippen molar-refractivity contribution in [2.24, 2.45) is 10.2 Å². The van der Waals surface area contributed by atoms with Crippen LogP contribution in [0.3, 0.4) is 0 Å². The molecule has 0 aromatic heterocycles. The molecule has 10 nitrogen and oxygen atoms in total. The van der Waals surface area contributed by atoms with E-state index in [1.54, 1.807) is 0 Å². The minimum Gasteiger partial charge on any atom is -0.871 e. The van der Waals surface area contributed by atoms with Crippen LogP contribution in [0, 0.1) is 0 Å². The van der Waals surface area contributed by atoms with E-state index in [1.807, 2.05) is 0 Å². The predicted octanol–water partition coefficient (Wildman–Crippen LogP) is -3.44. The van der Waals surface area contributed by atoms with E-state index in [-0.39, 0.29) is 80.6 Å². The zero-order chi connectivity index (χ0) is 21.6. The normalized spacial score (nSPS) is 11.8. The van der Waals surface area contributed by atoms with Crippen LogP contribution in [-0.4, -0.2) is 25.9 Å². The van der Waals surface area contributed by atoms with Crippen molar-refractivity contribution < 1.29 is 95.3 Å². The third-order valence-electron chi connectivity index (χ3n) is 3.77. The Balaban J connectivity index is 0.00000240. The summed E-state index contributed by atoms with van der Waals surface area (Å²) in [7, 11) is -9.43. The summed E-state index contributed by atoms with van der Waals surface area (Å²) in [5.41, 5.74) is -0.839. The van der Waals surface area contributed by atoms with Crippen LogP contribution in [0.25, 0.3) is 10.8 Å². The molecule has 0 aliphatic carbocycles. The molecule has 3 aromatic carbocycles. The van der Waals surface area contributed by atoms with E-state index in [4.69, 9.17) is 16.2 Å². The number of rotatable bonds is 4. The molecule has 31 heavy (non-hydrogen) atoms. The van der Waals surface area contributed by atoms with Gasteiger partial charge in [0.25, 0.3) is 20.2 Å². The van der Waals surface area contributed by atoms with E-state index >= 15 is 0 Å². The molecule has 0 bridgehead atoms. The van der Waals surface area contributed by atoms with Gasteiger partial charge in [-0.05, 0) is 29.7 Å². The van der Waals surface area contributed by atoms with Gasteiger partial charge in [-0.15, -0.1) is 0 Å². The fraction of sp³-hybridized carbons (Fsp3) is 0. The standard InChI is InChI=1S/C16H11ClN2O8S2.2Na/c17-8-6-12(16(21)14(7-8)29(25,26)27)19-18-11-5-4-9-10(15(11)20)2-1-3-13(9)28(22,23)24;;/h1-7,20-21H,(H,22,23,24)(H,25,26,27);;/q;2*+1/p-2.